The minimum atomic E-state index is -0.839. The summed E-state index contributed by atoms with van der Waals surface area (Å²) in [6.07, 6.45) is 5.70. The maximum atomic E-state index is 13.1. The maximum absolute atomic E-state index is 13.1. The molecule has 0 spiro atoms. The molecule has 1 aliphatic heterocycles. The van der Waals surface area contributed by atoms with Gasteiger partial charge in [-0.1, -0.05) is 60.7 Å². The van der Waals surface area contributed by atoms with Gasteiger partial charge in [-0.05, 0) is 43.7 Å². The number of esters is 1. The number of hydrogen-bond donors (Lipinski definition) is 2. The summed E-state index contributed by atoms with van der Waals surface area (Å²) in [5, 5.41) is 2.70. The van der Waals surface area contributed by atoms with Crippen molar-refractivity contribution >= 4 is 17.8 Å². The molecule has 3 aromatic rings. The lowest BCUT2D eigenvalue weighted by Gasteiger charge is -2.27. The van der Waals surface area contributed by atoms with Crippen LogP contribution in [0.3, 0.4) is 0 Å². The van der Waals surface area contributed by atoms with Crippen LogP contribution >= 0.6 is 0 Å². The van der Waals surface area contributed by atoms with Crippen LogP contribution < -0.4 is 11.1 Å². The maximum Gasteiger partial charge on any atom is 0.328 e. The second kappa shape index (κ2) is 14.4. The SMILES string of the molecule is C[C@@H](NC(=O)[C@@H]1CCCN1C(=O)[C@@H](N)CCc1cn(COCc2ccccc2)cn1)C(=O)OCc1ccccc1. The second-order valence-electron chi connectivity index (χ2n) is 10.0. The average Bonchev–Trinajstić information content (AvgIpc) is 3.65. The molecular formula is C30H37N5O5. The Kier molecular flexibility index (Phi) is 10.4. The quantitative estimate of drug-likeness (QED) is 0.315. The van der Waals surface area contributed by atoms with Gasteiger partial charge >= 0.3 is 5.97 Å². The fraction of sp³-hybridized carbons (Fsp3) is 0.400. The lowest BCUT2D eigenvalue weighted by Crippen LogP contribution is -2.53. The molecule has 10 heteroatoms. The van der Waals surface area contributed by atoms with Crippen LogP contribution in [0.5, 0.6) is 0 Å². The highest BCUT2D eigenvalue weighted by Gasteiger charge is 2.37. The number of ether oxygens (including phenoxy) is 2. The van der Waals surface area contributed by atoms with Gasteiger partial charge in [0.1, 0.15) is 25.4 Å². The Morgan fingerprint density at radius 3 is 2.42 bits per heavy atom. The molecule has 0 bridgehead atoms. The zero-order chi connectivity index (χ0) is 28.3. The summed E-state index contributed by atoms with van der Waals surface area (Å²) < 4.78 is 12.9. The highest BCUT2D eigenvalue weighted by atomic mass is 16.5. The Bertz CT molecular complexity index is 1250. The molecular weight excluding hydrogens is 510 g/mol. The second-order valence-corrected chi connectivity index (χ2v) is 10.0. The van der Waals surface area contributed by atoms with Gasteiger partial charge < -0.3 is 30.0 Å². The van der Waals surface area contributed by atoms with Crippen LogP contribution in [-0.4, -0.2) is 56.9 Å². The predicted molar refractivity (Wildman–Crippen MR) is 148 cm³/mol. The molecule has 1 saturated heterocycles. The van der Waals surface area contributed by atoms with Gasteiger partial charge in [-0.25, -0.2) is 9.78 Å². The van der Waals surface area contributed by atoms with Crippen molar-refractivity contribution < 1.29 is 23.9 Å². The van der Waals surface area contributed by atoms with E-state index in [1.807, 2.05) is 71.4 Å². The monoisotopic (exact) mass is 547 g/mol. The molecule has 2 amide bonds. The van der Waals surface area contributed by atoms with Crippen molar-refractivity contribution in [2.24, 2.45) is 5.73 Å². The summed E-state index contributed by atoms with van der Waals surface area (Å²) in [7, 11) is 0. The molecule has 40 heavy (non-hydrogen) atoms. The highest BCUT2D eigenvalue weighted by Crippen LogP contribution is 2.19. The van der Waals surface area contributed by atoms with E-state index < -0.39 is 24.1 Å². The molecule has 0 aliphatic carbocycles. The van der Waals surface area contributed by atoms with Crippen LogP contribution in [0.4, 0.5) is 0 Å². The van der Waals surface area contributed by atoms with Crippen LogP contribution in [0.15, 0.2) is 73.2 Å². The zero-order valence-corrected chi connectivity index (χ0v) is 22.8. The number of aromatic nitrogens is 2. The molecule has 1 aromatic heterocycles. The lowest BCUT2D eigenvalue weighted by molar-refractivity contribution is -0.149. The van der Waals surface area contributed by atoms with Gasteiger partial charge in [-0.2, -0.15) is 0 Å². The van der Waals surface area contributed by atoms with Crippen molar-refractivity contribution in [1.29, 1.82) is 0 Å². The lowest BCUT2D eigenvalue weighted by atomic mass is 10.1. The van der Waals surface area contributed by atoms with E-state index in [2.05, 4.69) is 10.3 Å². The van der Waals surface area contributed by atoms with Crippen LogP contribution in [0.2, 0.25) is 0 Å². The van der Waals surface area contributed by atoms with Gasteiger partial charge in [0, 0.05) is 12.7 Å². The van der Waals surface area contributed by atoms with E-state index in [0.717, 1.165) is 16.8 Å². The third-order valence-electron chi connectivity index (χ3n) is 6.84. The molecule has 3 atom stereocenters. The Morgan fingerprint density at radius 2 is 1.73 bits per heavy atom. The van der Waals surface area contributed by atoms with E-state index >= 15 is 0 Å². The van der Waals surface area contributed by atoms with E-state index in [4.69, 9.17) is 15.2 Å². The number of carbonyl (C=O) groups is 3. The van der Waals surface area contributed by atoms with Crippen LogP contribution in [0.25, 0.3) is 0 Å². The van der Waals surface area contributed by atoms with Gasteiger partial charge in [-0.3, -0.25) is 9.59 Å². The first-order chi connectivity index (χ1) is 19.4. The van der Waals surface area contributed by atoms with Crippen molar-refractivity contribution in [2.45, 2.75) is 70.7 Å². The average molecular weight is 548 g/mol. The fourth-order valence-corrected chi connectivity index (χ4v) is 4.61. The Labute approximate surface area is 234 Å². The van der Waals surface area contributed by atoms with Gasteiger partial charge in [0.15, 0.2) is 0 Å². The summed E-state index contributed by atoms with van der Waals surface area (Å²) >= 11 is 0. The number of nitrogens with two attached hydrogens (primary N) is 1. The summed E-state index contributed by atoms with van der Waals surface area (Å²) in [5.41, 5.74) is 9.01. The zero-order valence-electron chi connectivity index (χ0n) is 22.8. The molecule has 2 aromatic carbocycles. The topological polar surface area (TPSA) is 129 Å². The van der Waals surface area contributed by atoms with Crippen LogP contribution in [-0.2, 0) is 50.2 Å². The molecule has 0 saturated carbocycles. The molecule has 4 rings (SSSR count). The Hall–Kier alpha value is -4.02. The number of amides is 2. The molecule has 212 valence electrons. The first-order valence-corrected chi connectivity index (χ1v) is 13.6. The van der Waals surface area contributed by atoms with Gasteiger partial charge in [0.25, 0.3) is 0 Å². The first kappa shape index (κ1) is 29.0. The minimum absolute atomic E-state index is 0.127. The van der Waals surface area contributed by atoms with Crippen LogP contribution in [0, 0.1) is 0 Å². The summed E-state index contributed by atoms with van der Waals surface area (Å²) in [5.74, 6) is -1.19. The number of benzene rings is 2. The predicted octanol–water partition coefficient (Wildman–Crippen LogP) is 2.56. The number of hydrogen-bond acceptors (Lipinski definition) is 7. The van der Waals surface area contributed by atoms with Crippen molar-refractivity contribution in [3.05, 3.63) is 90.0 Å². The fourth-order valence-electron chi connectivity index (χ4n) is 4.61. The largest absolute Gasteiger partial charge is 0.459 e. The third kappa shape index (κ3) is 8.24. The molecule has 1 aliphatic rings. The minimum Gasteiger partial charge on any atom is -0.459 e. The van der Waals surface area contributed by atoms with Gasteiger partial charge in [0.2, 0.25) is 11.8 Å². The standard InChI is InChI=1S/C30H37N5O5/c1-22(30(38)40-19-24-11-6-3-7-12-24)33-28(36)27-13-8-16-35(27)29(37)26(31)15-14-25-17-34(20-32-25)21-39-18-23-9-4-2-5-10-23/h2-7,9-12,17,20,22,26-27H,8,13-16,18-19,21,31H2,1H3,(H,33,36)/t22-,26+,27+/m1/s1. The number of likely N-dealkylation sites (tertiary alicyclic amines) is 1. The molecule has 1 fully saturated rings. The molecule has 0 unspecified atom stereocenters. The van der Waals surface area contributed by atoms with Crippen molar-refractivity contribution in [3.63, 3.8) is 0 Å². The summed E-state index contributed by atoms with van der Waals surface area (Å²) in [6, 6.07) is 17.0. The third-order valence-corrected chi connectivity index (χ3v) is 6.84. The summed E-state index contributed by atoms with van der Waals surface area (Å²) in [4.78, 5) is 44.4. The van der Waals surface area contributed by atoms with E-state index in [1.165, 1.54) is 4.90 Å². The number of carbonyl (C=O) groups excluding carboxylic acids is 3. The van der Waals surface area contributed by atoms with E-state index in [1.54, 1.807) is 13.3 Å². The summed E-state index contributed by atoms with van der Waals surface area (Å²) in [6.45, 7) is 3.03. The van der Waals surface area contributed by atoms with Crippen molar-refractivity contribution in [3.8, 4) is 0 Å². The Balaban J connectivity index is 1.20. The molecule has 2 heterocycles. The van der Waals surface area contributed by atoms with Crippen molar-refractivity contribution in [1.82, 2.24) is 19.8 Å². The van der Waals surface area contributed by atoms with Crippen molar-refractivity contribution in [2.75, 3.05) is 6.54 Å². The number of nitrogens with one attached hydrogen (secondary N) is 1. The smallest absolute Gasteiger partial charge is 0.328 e. The number of rotatable bonds is 13. The van der Waals surface area contributed by atoms with E-state index in [-0.39, 0.29) is 18.4 Å². The van der Waals surface area contributed by atoms with E-state index in [0.29, 0.717) is 45.6 Å². The van der Waals surface area contributed by atoms with Gasteiger partial charge in [0.05, 0.1) is 24.7 Å². The van der Waals surface area contributed by atoms with Gasteiger partial charge in [-0.15, -0.1) is 0 Å². The molecule has 0 radical (unpaired) electrons. The molecule has 10 nitrogen and oxygen atoms in total. The molecule has 3 N–H and O–H groups in total. The van der Waals surface area contributed by atoms with Crippen LogP contribution in [0.1, 0.15) is 43.0 Å². The van der Waals surface area contributed by atoms with E-state index in [9.17, 15) is 14.4 Å². The Morgan fingerprint density at radius 1 is 1.05 bits per heavy atom. The number of imidazole rings is 1. The highest BCUT2D eigenvalue weighted by molar-refractivity contribution is 5.92. The number of aryl methyl sites for hydroxylation is 1. The normalized spacial score (nSPS) is 16.4. The number of nitrogens with zero attached hydrogens (tertiary/aromatic N) is 3. The first-order valence-electron chi connectivity index (χ1n) is 13.6.